The number of halogens is 1. The Balaban J connectivity index is 1.79. The van der Waals surface area contributed by atoms with Crippen LogP contribution in [0.4, 0.5) is 5.69 Å². The van der Waals surface area contributed by atoms with Gasteiger partial charge in [0.15, 0.2) is 0 Å². The van der Waals surface area contributed by atoms with Crippen LogP contribution in [-0.2, 0) is 0 Å². The minimum Gasteiger partial charge on any atom is -0.256 e. The molecule has 23 heavy (non-hydrogen) atoms. The Kier molecular flexibility index (Phi) is 3.57. The number of aliphatic imine (C=N–C) groups is 1. The topological polar surface area (TPSA) is 12.4 Å². The maximum Gasteiger partial charge on any atom is 0.0709 e. The van der Waals surface area contributed by atoms with Gasteiger partial charge in [0.1, 0.15) is 0 Å². The van der Waals surface area contributed by atoms with Gasteiger partial charge in [-0.3, -0.25) is 4.99 Å². The van der Waals surface area contributed by atoms with Crippen molar-refractivity contribution in [2.75, 3.05) is 0 Å². The molecule has 2 heteroatoms. The summed E-state index contributed by atoms with van der Waals surface area (Å²) in [5, 5.41) is 2.85. The number of fused-ring (bicyclic) bond motifs is 2. The van der Waals surface area contributed by atoms with Crippen molar-refractivity contribution < 1.29 is 0 Å². The molecule has 0 atom stereocenters. The van der Waals surface area contributed by atoms with E-state index in [-0.39, 0.29) is 0 Å². The Morgan fingerprint density at radius 2 is 1.48 bits per heavy atom. The lowest BCUT2D eigenvalue weighted by Crippen LogP contribution is -1.80. The molecule has 1 nitrogen and oxygen atoms in total. The van der Waals surface area contributed by atoms with E-state index in [1.54, 1.807) is 0 Å². The molecule has 0 fully saturated rings. The van der Waals surface area contributed by atoms with Gasteiger partial charge in [-0.1, -0.05) is 78.3 Å². The highest BCUT2D eigenvalue weighted by Gasteiger charge is 2.06. The standard InChI is InChI=1S/C21H14ClN/c22-20-12-13-21(19-9-5-4-8-18(19)20)23-14-16-11-10-15-6-2-1-3-7-17(15)16/h1-14H. The number of benzene rings is 2. The first kappa shape index (κ1) is 14.0. The van der Waals surface area contributed by atoms with Crippen LogP contribution in [0.25, 0.3) is 21.9 Å². The smallest absolute Gasteiger partial charge is 0.0709 e. The van der Waals surface area contributed by atoms with Gasteiger partial charge in [-0.15, -0.1) is 0 Å². The predicted octanol–water partition coefficient (Wildman–Crippen LogP) is 6.35. The highest BCUT2D eigenvalue weighted by molar-refractivity contribution is 6.36. The van der Waals surface area contributed by atoms with Crippen molar-refractivity contribution in [3.05, 3.63) is 89.4 Å². The van der Waals surface area contributed by atoms with E-state index in [9.17, 15) is 0 Å². The molecule has 110 valence electrons. The Labute approximate surface area is 140 Å². The molecule has 0 spiro atoms. The third-order valence-electron chi connectivity index (χ3n) is 4.02. The normalized spacial score (nSPS) is 11.5. The van der Waals surface area contributed by atoms with E-state index in [1.165, 1.54) is 11.1 Å². The van der Waals surface area contributed by atoms with Gasteiger partial charge in [0.2, 0.25) is 0 Å². The lowest BCUT2D eigenvalue weighted by molar-refractivity contribution is 1.57. The van der Waals surface area contributed by atoms with Crippen molar-refractivity contribution in [2.45, 2.75) is 0 Å². The molecule has 0 radical (unpaired) electrons. The molecular weight excluding hydrogens is 302 g/mol. The quantitative estimate of drug-likeness (QED) is 0.382. The van der Waals surface area contributed by atoms with Crippen molar-refractivity contribution in [1.29, 1.82) is 0 Å². The Hall–Kier alpha value is -2.64. The highest BCUT2D eigenvalue weighted by Crippen LogP contribution is 2.32. The minimum absolute atomic E-state index is 0.755. The van der Waals surface area contributed by atoms with Gasteiger partial charge in [-0.05, 0) is 23.3 Å². The first-order chi connectivity index (χ1) is 11.3. The van der Waals surface area contributed by atoms with E-state index in [0.29, 0.717) is 0 Å². The molecule has 2 aromatic carbocycles. The second-order valence-corrected chi connectivity index (χ2v) is 5.85. The van der Waals surface area contributed by atoms with Crippen molar-refractivity contribution in [2.24, 2.45) is 4.99 Å². The van der Waals surface area contributed by atoms with Crippen LogP contribution < -0.4 is 0 Å². The van der Waals surface area contributed by atoms with Crippen molar-refractivity contribution in [3.8, 4) is 11.1 Å². The van der Waals surface area contributed by atoms with Crippen LogP contribution in [0.3, 0.4) is 0 Å². The molecule has 0 aliphatic heterocycles. The number of rotatable bonds is 2. The van der Waals surface area contributed by atoms with Crippen molar-refractivity contribution in [1.82, 2.24) is 0 Å². The molecule has 0 amide bonds. The van der Waals surface area contributed by atoms with Gasteiger partial charge in [0, 0.05) is 27.6 Å². The molecule has 0 heterocycles. The summed E-state index contributed by atoms with van der Waals surface area (Å²) < 4.78 is 0. The third kappa shape index (κ3) is 2.60. The molecule has 0 N–H and O–H groups in total. The van der Waals surface area contributed by atoms with Gasteiger partial charge in [-0.2, -0.15) is 0 Å². The summed E-state index contributed by atoms with van der Waals surface area (Å²) in [7, 11) is 0. The summed E-state index contributed by atoms with van der Waals surface area (Å²) in [5.41, 5.74) is 4.48. The van der Waals surface area contributed by atoms with Crippen LogP contribution in [0.15, 0.2) is 83.9 Å². The van der Waals surface area contributed by atoms with Crippen LogP contribution in [0.5, 0.6) is 0 Å². The summed E-state index contributed by atoms with van der Waals surface area (Å²) in [6.45, 7) is 0. The summed E-state index contributed by atoms with van der Waals surface area (Å²) in [6, 6.07) is 26.5. The first-order valence-corrected chi connectivity index (χ1v) is 7.90. The zero-order valence-corrected chi connectivity index (χ0v) is 13.2. The number of hydrogen-bond donors (Lipinski definition) is 0. The lowest BCUT2D eigenvalue weighted by Gasteiger charge is -2.03. The second kappa shape index (κ2) is 5.86. The number of hydrogen-bond acceptors (Lipinski definition) is 1. The molecule has 0 saturated carbocycles. The second-order valence-electron chi connectivity index (χ2n) is 5.44. The lowest BCUT2D eigenvalue weighted by atomic mass is 10.1. The molecule has 0 aromatic heterocycles. The van der Waals surface area contributed by atoms with Gasteiger partial charge in [0.05, 0.1) is 5.69 Å². The SMILES string of the molecule is Clc1ccc(N=Cc2ccc3cccccc2-3)c2ccccc12. The van der Waals surface area contributed by atoms with E-state index in [2.05, 4.69) is 42.5 Å². The number of nitrogens with zero attached hydrogens (tertiary/aromatic N) is 1. The highest BCUT2D eigenvalue weighted by atomic mass is 35.5. The zero-order chi connectivity index (χ0) is 15.6. The monoisotopic (exact) mass is 315 g/mol. The summed E-state index contributed by atoms with van der Waals surface area (Å²) in [4.78, 5) is 4.70. The van der Waals surface area contributed by atoms with Gasteiger partial charge in [0.25, 0.3) is 0 Å². The van der Waals surface area contributed by atoms with E-state index < -0.39 is 0 Å². The largest absolute Gasteiger partial charge is 0.256 e. The van der Waals surface area contributed by atoms with Crippen molar-refractivity contribution >= 4 is 34.3 Å². The molecule has 2 aromatic rings. The molecule has 2 aliphatic carbocycles. The third-order valence-corrected chi connectivity index (χ3v) is 4.35. The van der Waals surface area contributed by atoms with Gasteiger partial charge in [-0.25, -0.2) is 0 Å². The maximum atomic E-state index is 6.27. The minimum atomic E-state index is 0.755. The Morgan fingerprint density at radius 3 is 2.39 bits per heavy atom. The summed E-state index contributed by atoms with van der Waals surface area (Å²) in [5.74, 6) is 0. The van der Waals surface area contributed by atoms with E-state index >= 15 is 0 Å². The summed E-state index contributed by atoms with van der Waals surface area (Å²) in [6.07, 6.45) is 1.93. The Morgan fingerprint density at radius 1 is 0.696 bits per heavy atom. The fourth-order valence-corrected chi connectivity index (χ4v) is 3.08. The molecule has 0 bridgehead atoms. The van der Waals surface area contributed by atoms with E-state index in [0.717, 1.165) is 27.0 Å². The van der Waals surface area contributed by atoms with Gasteiger partial charge >= 0.3 is 0 Å². The van der Waals surface area contributed by atoms with E-state index in [4.69, 9.17) is 16.6 Å². The van der Waals surface area contributed by atoms with Crippen molar-refractivity contribution in [3.63, 3.8) is 0 Å². The molecule has 2 aliphatic rings. The van der Waals surface area contributed by atoms with E-state index in [1.807, 2.05) is 42.6 Å². The van der Waals surface area contributed by atoms with Crippen LogP contribution in [-0.4, -0.2) is 6.21 Å². The van der Waals surface area contributed by atoms with Crippen LogP contribution in [0.1, 0.15) is 5.56 Å². The summed E-state index contributed by atoms with van der Waals surface area (Å²) >= 11 is 6.27. The maximum absolute atomic E-state index is 6.27. The zero-order valence-electron chi connectivity index (χ0n) is 12.4. The van der Waals surface area contributed by atoms with Crippen LogP contribution >= 0.6 is 11.6 Å². The molecule has 0 unspecified atom stereocenters. The molecule has 0 saturated heterocycles. The first-order valence-electron chi connectivity index (χ1n) is 7.52. The average Bonchev–Trinajstić information content (AvgIpc) is 2.81. The molecular formula is C21H14ClN. The predicted molar refractivity (Wildman–Crippen MR) is 99.3 cm³/mol. The fourth-order valence-electron chi connectivity index (χ4n) is 2.85. The Bertz CT molecular complexity index is 988. The molecule has 4 rings (SSSR count). The van der Waals surface area contributed by atoms with Crippen LogP contribution in [0.2, 0.25) is 5.02 Å². The average molecular weight is 316 g/mol. The van der Waals surface area contributed by atoms with Gasteiger partial charge < -0.3 is 0 Å². The fraction of sp³-hybridized carbons (Fsp3) is 0. The van der Waals surface area contributed by atoms with Crippen LogP contribution in [0, 0.1) is 0 Å².